The van der Waals surface area contributed by atoms with E-state index in [1.165, 1.54) is 0 Å². The molecule has 0 heterocycles. The lowest BCUT2D eigenvalue weighted by Crippen LogP contribution is -2.46. The third-order valence-corrected chi connectivity index (χ3v) is 4.15. The van der Waals surface area contributed by atoms with Gasteiger partial charge in [0.05, 0.1) is 13.2 Å². The number of carbonyl (C=O) groups is 1. The number of benzene rings is 1. The first-order valence-electron chi connectivity index (χ1n) is 7.18. The second-order valence-corrected chi connectivity index (χ2v) is 5.55. The Labute approximate surface area is 120 Å². The van der Waals surface area contributed by atoms with Crippen LogP contribution < -0.4 is 10.1 Å². The van der Waals surface area contributed by atoms with Crippen molar-refractivity contribution in [3.63, 3.8) is 0 Å². The quantitative estimate of drug-likeness (QED) is 0.868. The average molecular weight is 277 g/mol. The van der Waals surface area contributed by atoms with Gasteiger partial charge in [0, 0.05) is 11.6 Å². The lowest BCUT2D eigenvalue weighted by atomic mass is 9.76. The van der Waals surface area contributed by atoms with Crippen molar-refractivity contribution in [2.75, 3.05) is 7.11 Å². The molecule has 1 aliphatic carbocycles. The molecule has 1 unspecified atom stereocenters. The highest BCUT2D eigenvalue weighted by atomic mass is 16.5. The molecule has 1 aromatic carbocycles. The van der Waals surface area contributed by atoms with Crippen LogP contribution in [0.4, 0.5) is 0 Å². The van der Waals surface area contributed by atoms with E-state index in [-0.39, 0.29) is 18.1 Å². The van der Waals surface area contributed by atoms with Gasteiger partial charge in [-0.2, -0.15) is 0 Å². The van der Waals surface area contributed by atoms with Gasteiger partial charge < -0.3 is 15.2 Å². The van der Waals surface area contributed by atoms with Crippen LogP contribution >= 0.6 is 0 Å². The van der Waals surface area contributed by atoms with Crippen LogP contribution in [0.3, 0.4) is 0 Å². The fraction of sp³-hybridized carbons (Fsp3) is 0.562. The molecular weight excluding hydrogens is 254 g/mol. The van der Waals surface area contributed by atoms with E-state index in [1.54, 1.807) is 19.2 Å². The molecule has 0 spiro atoms. The van der Waals surface area contributed by atoms with E-state index < -0.39 is 0 Å². The van der Waals surface area contributed by atoms with Crippen LogP contribution in [0.25, 0.3) is 0 Å². The summed E-state index contributed by atoms with van der Waals surface area (Å²) < 4.78 is 5.15. The van der Waals surface area contributed by atoms with Crippen LogP contribution in [0, 0.1) is 12.8 Å². The highest BCUT2D eigenvalue weighted by Gasteiger charge is 2.33. The Morgan fingerprint density at radius 1 is 1.50 bits per heavy atom. The maximum atomic E-state index is 12.3. The predicted molar refractivity (Wildman–Crippen MR) is 78.0 cm³/mol. The van der Waals surface area contributed by atoms with Crippen molar-refractivity contribution >= 4 is 5.91 Å². The molecule has 0 aliphatic heterocycles. The van der Waals surface area contributed by atoms with Crippen LogP contribution in [0.2, 0.25) is 0 Å². The molecule has 1 fully saturated rings. The summed E-state index contributed by atoms with van der Waals surface area (Å²) in [5.41, 5.74) is 1.59. The molecule has 1 saturated carbocycles. The maximum Gasteiger partial charge on any atom is 0.251 e. The van der Waals surface area contributed by atoms with Crippen LogP contribution in [0.15, 0.2) is 18.2 Å². The average Bonchev–Trinajstić information content (AvgIpc) is 2.41. The normalized spacial score (nSPS) is 22.8. The summed E-state index contributed by atoms with van der Waals surface area (Å²) in [4.78, 5) is 12.3. The first kappa shape index (κ1) is 14.9. The van der Waals surface area contributed by atoms with Crippen molar-refractivity contribution in [3.05, 3.63) is 29.3 Å². The zero-order valence-electron chi connectivity index (χ0n) is 12.3. The van der Waals surface area contributed by atoms with E-state index in [0.29, 0.717) is 11.5 Å². The first-order chi connectivity index (χ1) is 9.55. The van der Waals surface area contributed by atoms with Gasteiger partial charge in [-0.3, -0.25) is 4.79 Å². The monoisotopic (exact) mass is 277 g/mol. The van der Waals surface area contributed by atoms with Crippen molar-refractivity contribution in [1.29, 1.82) is 0 Å². The Morgan fingerprint density at radius 3 is 2.70 bits per heavy atom. The Balaban J connectivity index is 2.03. The number of nitrogens with one attached hydrogen (secondary N) is 1. The molecule has 4 heteroatoms. The van der Waals surface area contributed by atoms with E-state index in [0.717, 1.165) is 30.6 Å². The smallest absolute Gasteiger partial charge is 0.251 e. The standard InChI is InChI=1S/C16H23NO3/c1-4-15(11-8-12(18)9-11)17-16(19)14-6-5-13(20-3)7-10(14)2/h5-7,11-12,15,18H,4,8-9H2,1-3H3,(H,17,19). The molecule has 110 valence electrons. The minimum atomic E-state index is -0.186. The molecule has 0 bridgehead atoms. The number of hydrogen-bond donors (Lipinski definition) is 2. The van der Waals surface area contributed by atoms with E-state index in [2.05, 4.69) is 12.2 Å². The number of rotatable bonds is 5. The molecule has 1 atom stereocenters. The molecule has 1 aromatic rings. The lowest BCUT2D eigenvalue weighted by molar-refractivity contribution is 0.0232. The van der Waals surface area contributed by atoms with Crippen LogP contribution in [-0.2, 0) is 0 Å². The van der Waals surface area contributed by atoms with Crippen molar-refractivity contribution < 1.29 is 14.6 Å². The fourth-order valence-corrected chi connectivity index (χ4v) is 2.78. The molecule has 0 radical (unpaired) electrons. The number of amides is 1. The summed E-state index contributed by atoms with van der Waals surface area (Å²) in [6.07, 6.45) is 2.28. The van der Waals surface area contributed by atoms with Gasteiger partial charge in [-0.15, -0.1) is 0 Å². The van der Waals surface area contributed by atoms with Gasteiger partial charge in [0.1, 0.15) is 5.75 Å². The Kier molecular flexibility index (Phi) is 4.65. The molecule has 0 aromatic heterocycles. The summed E-state index contributed by atoms with van der Waals surface area (Å²) in [6.45, 7) is 3.97. The number of methoxy groups -OCH3 is 1. The van der Waals surface area contributed by atoms with E-state index in [9.17, 15) is 9.90 Å². The summed E-state index contributed by atoms with van der Waals surface area (Å²) in [6, 6.07) is 5.61. The van der Waals surface area contributed by atoms with Crippen LogP contribution in [-0.4, -0.2) is 30.3 Å². The van der Waals surface area contributed by atoms with Crippen LogP contribution in [0.5, 0.6) is 5.75 Å². The van der Waals surface area contributed by atoms with Gasteiger partial charge in [-0.1, -0.05) is 6.92 Å². The van der Waals surface area contributed by atoms with Crippen molar-refractivity contribution in [1.82, 2.24) is 5.32 Å². The van der Waals surface area contributed by atoms with Crippen LogP contribution in [0.1, 0.15) is 42.1 Å². The van der Waals surface area contributed by atoms with Gasteiger partial charge >= 0.3 is 0 Å². The molecule has 20 heavy (non-hydrogen) atoms. The molecule has 0 saturated heterocycles. The summed E-state index contributed by atoms with van der Waals surface area (Å²) in [5.74, 6) is 1.11. The number of carbonyl (C=O) groups excluding carboxylic acids is 1. The molecule has 1 aliphatic rings. The third-order valence-electron chi connectivity index (χ3n) is 4.15. The minimum absolute atomic E-state index is 0.0432. The van der Waals surface area contributed by atoms with E-state index in [1.807, 2.05) is 13.0 Å². The van der Waals surface area contributed by atoms with Gasteiger partial charge in [0.15, 0.2) is 0 Å². The molecule has 2 rings (SSSR count). The second kappa shape index (κ2) is 6.27. The Morgan fingerprint density at radius 2 is 2.20 bits per heavy atom. The second-order valence-electron chi connectivity index (χ2n) is 5.55. The summed E-state index contributed by atoms with van der Waals surface area (Å²) in [5, 5.41) is 12.5. The highest BCUT2D eigenvalue weighted by Crippen LogP contribution is 2.31. The lowest BCUT2D eigenvalue weighted by Gasteiger charge is -2.37. The predicted octanol–water partition coefficient (Wildman–Crippen LogP) is 2.28. The number of aryl methyl sites for hydroxylation is 1. The van der Waals surface area contributed by atoms with Crippen molar-refractivity contribution in [2.24, 2.45) is 5.92 Å². The molecular formula is C16H23NO3. The SMILES string of the molecule is CCC(NC(=O)c1ccc(OC)cc1C)C1CC(O)C1. The number of hydrogen-bond acceptors (Lipinski definition) is 3. The minimum Gasteiger partial charge on any atom is -0.497 e. The topological polar surface area (TPSA) is 58.6 Å². The number of ether oxygens (including phenoxy) is 1. The van der Waals surface area contributed by atoms with Crippen molar-refractivity contribution in [2.45, 2.75) is 45.3 Å². The molecule has 2 N–H and O–H groups in total. The fourth-order valence-electron chi connectivity index (χ4n) is 2.78. The highest BCUT2D eigenvalue weighted by molar-refractivity contribution is 5.96. The third kappa shape index (κ3) is 3.12. The van der Waals surface area contributed by atoms with E-state index >= 15 is 0 Å². The van der Waals surface area contributed by atoms with Gasteiger partial charge in [0.2, 0.25) is 0 Å². The summed E-state index contributed by atoms with van der Waals surface area (Å²) in [7, 11) is 1.61. The van der Waals surface area contributed by atoms with Gasteiger partial charge in [0.25, 0.3) is 5.91 Å². The zero-order chi connectivity index (χ0) is 14.7. The van der Waals surface area contributed by atoms with Gasteiger partial charge in [-0.25, -0.2) is 0 Å². The Hall–Kier alpha value is -1.55. The molecule has 4 nitrogen and oxygen atoms in total. The number of aliphatic hydroxyl groups excluding tert-OH is 1. The number of aliphatic hydroxyl groups is 1. The summed E-state index contributed by atoms with van der Waals surface area (Å²) >= 11 is 0. The maximum absolute atomic E-state index is 12.3. The van der Waals surface area contributed by atoms with Crippen molar-refractivity contribution in [3.8, 4) is 5.75 Å². The Bertz CT molecular complexity index is 481. The van der Waals surface area contributed by atoms with E-state index in [4.69, 9.17) is 4.74 Å². The van der Waals surface area contributed by atoms with Gasteiger partial charge in [-0.05, 0) is 55.9 Å². The molecule has 1 amide bonds. The first-order valence-corrected chi connectivity index (χ1v) is 7.18. The largest absolute Gasteiger partial charge is 0.497 e. The zero-order valence-corrected chi connectivity index (χ0v) is 12.3.